The molecule has 2 atom stereocenters. The predicted molar refractivity (Wildman–Crippen MR) is 41.6 cm³/mol. The highest BCUT2D eigenvalue weighted by Gasteiger charge is 2.36. The van der Waals surface area contributed by atoms with Crippen LogP contribution in [0.3, 0.4) is 0 Å². The minimum atomic E-state index is -0.549. The van der Waals surface area contributed by atoms with E-state index in [9.17, 15) is 0 Å². The van der Waals surface area contributed by atoms with Crippen LogP contribution in [0.5, 0.6) is 0 Å². The molecule has 1 aliphatic rings. The third kappa shape index (κ3) is 2.30. The van der Waals surface area contributed by atoms with E-state index in [1.165, 1.54) is 0 Å². The van der Waals surface area contributed by atoms with Crippen LogP contribution in [0.15, 0.2) is 0 Å². The van der Waals surface area contributed by atoms with Crippen LogP contribution in [0.1, 0.15) is 13.8 Å². The van der Waals surface area contributed by atoms with Crippen molar-refractivity contribution >= 4 is 11.6 Å². The Morgan fingerprint density at radius 3 is 2.73 bits per heavy atom. The fourth-order valence-corrected chi connectivity index (χ4v) is 1.14. The largest absolute Gasteiger partial charge is 0.395 e. The van der Waals surface area contributed by atoms with Crippen molar-refractivity contribution in [1.29, 1.82) is 0 Å². The summed E-state index contributed by atoms with van der Waals surface area (Å²) in [6.45, 7) is 4.04. The average Bonchev–Trinajstić information content (AvgIpc) is 2.29. The van der Waals surface area contributed by atoms with Gasteiger partial charge in [-0.2, -0.15) is 0 Å². The van der Waals surface area contributed by atoms with Crippen molar-refractivity contribution in [3.05, 3.63) is 0 Å². The van der Waals surface area contributed by atoms with Crippen molar-refractivity contribution in [3.8, 4) is 0 Å². The zero-order chi connectivity index (χ0) is 8.48. The quantitative estimate of drug-likeness (QED) is 0.637. The molecule has 1 heterocycles. The van der Waals surface area contributed by atoms with Gasteiger partial charge in [0, 0.05) is 0 Å². The molecule has 0 radical (unpaired) electrons. The van der Waals surface area contributed by atoms with Gasteiger partial charge in [0.15, 0.2) is 5.79 Å². The van der Waals surface area contributed by atoms with Crippen molar-refractivity contribution in [2.45, 2.75) is 31.1 Å². The number of aliphatic hydroxyl groups excluding tert-OH is 1. The number of aliphatic hydroxyl groups is 1. The first kappa shape index (κ1) is 9.26. The highest BCUT2D eigenvalue weighted by atomic mass is 35.5. The second-order valence-electron chi connectivity index (χ2n) is 3.07. The first-order chi connectivity index (χ1) is 5.05. The summed E-state index contributed by atoms with van der Waals surface area (Å²) < 4.78 is 10.6. The molecule has 1 fully saturated rings. The lowest BCUT2D eigenvalue weighted by molar-refractivity contribution is -0.139. The van der Waals surface area contributed by atoms with Gasteiger partial charge in [-0.1, -0.05) is 0 Å². The van der Waals surface area contributed by atoms with Crippen LogP contribution in [-0.2, 0) is 9.47 Å². The van der Waals surface area contributed by atoms with Crippen molar-refractivity contribution < 1.29 is 14.6 Å². The maximum Gasteiger partial charge on any atom is 0.163 e. The van der Waals surface area contributed by atoms with Gasteiger partial charge in [0.25, 0.3) is 0 Å². The second-order valence-corrected chi connectivity index (χ2v) is 3.63. The Labute approximate surface area is 71.2 Å². The number of hydrogen-bond acceptors (Lipinski definition) is 3. The molecular formula is C7H13ClO3. The van der Waals surface area contributed by atoms with E-state index in [0.29, 0.717) is 6.61 Å². The zero-order valence-corrected chi connectivity index (χ0v) is 7.47. The van der Waals surface area contributed by atoms with Gasteiger partial charge in [-0.15, -0.1) is 11.6 Å². The van der Waals surface area contributed by atoms with Crippen LogP contribution < -0.4 is 0 Å². The number of rotatable bonds is 2. The minimum absolute atomic E-state index is 0.0777. The van der Waals surface area contributed by atoms with E-state index in [1.807, 2.05) is 13.8 Å². The van der Waals surface area contributed by atoms with Gasteiger partial charge in [0.1, 0.15) is 6.10 Å². The Hall–Kier alpha value is 0.170. The van der Waals surface area contributed by atoms with E-state index in [4.69, 9.17) is 26.2 Å². The van der Waals surface area contributed by atoms with Gasteiger partial charge < -0.3 is 14.6 Å². The summed E-state index contributed by atoms with van der Waals surface area (Å²) in [7, 11) is 0. The molecule has 1 saturated heterocycles. The SMILES string of the molecule is CC1(C)OCC(C(Cl)CO)O1. The Morgan fingerprint density at radius 2 is 2.36 bits per heavy atom. The van der Waals surface area contributed by atoms with E-state index < -0.39 is 5.79 Å². The van der Waals surface area contributed by atoms with Crippen LogP contribution in [0, 0.1) is 0 Å². The molecule has 1 aliphatic heterocycles. The van der Waals surface area contributed by atoms with Gasteiger partial charge in [-0.25, -0.2) is 0 Å². The van der Waals surface area contributed by atoms with Gasteiger partial charge in [0.05, 0.1) is 18.6 Å². The molecule has 0 saturated carbocycles. The molecule has 0 aromatic carbocycles. The third-order valence-electron chi connectivity index (χ3n) is 1.61. The molecule has 0 bridgehead atoms. The lowest BCUT2D eigenvalue weighted by Crippen LogP contribution is -2.29. The van der Waals surface area contributed by atoms with Gasteiger partial charge in [0.2, 0.25) is 0 Å². The number of halogens is 1. The van der Waals surface area contributed by atoms with E-state index >= 15 is 0 Å². The maximum atomic E-state index is 8.70. The summed E-state index contributed by atoms with van der Waals surface area (Å²) in [4.78, 5) is 0. The molecule has 2 unspecified atom stereocenters. The summed E-state index contributed by atoms with van der Waals surface area (Å²) in [5.74, 6) is -0.549. The number of ether oxygens (including phenoxy) is 2. The van der Waals surface area contributed by atoms with Crippen LogP contribution in [-0.4, -0.2) is 35.6 Å². The average molecular weight is 181 g/mol. The predicted octanol–water partition coefficient (Wildman–Crippen LogP) is 0.738. The standard InChI is InChI=1S/C7H13ClO3/c1-7(2)10-4-6(11-7)5(8)3-9/h5-6,9H,3-4H2,1-2H3. The molecule has 0 aromatic heterocycles. The van der Waals surface area contributed by atoms with E-state index in [2.05, 4.69) is 0 Å². The molecule has 4 heteroatoms. The second kappa shape index (κ2) is 3.27. The van der Waals surface area contributed by atoms with Crippen molar-refractivity contribution in [3.63, 3.8) is 0 Å². The minimum Gasteiger partial charge on any atom is -0.395 e. The molecule has 3 nitrogen and oxygen atoms in total. The van der Waals surface area contributed by atoms with Gasteiger partial charge in [-0.3, -0.25) is 0 Å². The summed E-state index contributed by atoms with van der Waals surface area (Å²) in [6.07, 6.45) is -0.184. The van der Waals surface area contributed by atoms with Crippen molar-refractivity contribution in [2.75, 3.05) is 13.2 Å². The number of alkyl halides is 1. The normalized spacial score (nSPS) is 32.2. The Bertz CT molecular complexity index is 138. The molecule has 11 heavy (non-hydrogen) atoms. The lowest BCUT2D eigenvalue weighted by atomic mass is 10.3. The van der Waals surface area contributed by atoms with Crippen molar-refractivity contribution in [2.24, 2.45) is 0 Å². The monoisotopic (exact) mass is 180 g/mol. The lowest BCUT2D eigenvalue weighted by Gasteiger charge is -2.18. The number of hydrogen-bond donors (Lipinski definition) is 1. The molecule has 0 aromatic rings. The Balaban J connectivity index is 2.41. The Kier molecular flexibility index (Phi) is 2.75. The van der Waals surface area contributed by atoms with Crippen LogP contribution in [0.2, 0.25) is 0 Å². The maximum absolute atomic E-state index is 8.70. The molecule has 0 amide bonds. The summed E-state index contributed by atoms with van der Waals surface area (Å²) >= 11 is 5.74. The highest BCUT2D eigenvalue weighted by Crippen LogP contribution is 2.25. The van der Waals surface area contributed by atoms with Crippen molar-refractivity contribution in [1.82, 2.24) is 0 Å². The first-order valence-electron chi connectivity index (χ1n) is 3.62. The summed E-state index contributed by atoms with van der Waals surface area (Å²) in [6, 6.07) is 0. The summed E-state index contributed by atoms with van der Waals surface area (Å²) in [5, 5.41) is 8.33. The van der Waals surface area contributed by atoms with Crippen LogP contribution in [0.25, 0.3) is 0 Å². The molecule has 66 valence electrons. The fourth-order valence-electron chi connectivity index (χ4n) is 1.01. The van der Waals surface area contributed by atoms with E-state index in [1.54, 1.807) is 0 Å². The smallest absolute Gasteiger partial charge is 0.163 e. The first-order valence-corrected chi connectivity index (χ1v) is 4.05. The van der Waals surface area contributed by atoms with Gasteiger partial charge >= 0.3 is 0 Å². The molecule has 1 N–H and O–H groups in total. The van der Waals surface area contributed by atoms with E-state index in [0.717, 1.165) is 0 Å². The Morgan fingerprint density at radius 1 is 1.73 bits per heavy atom. The molecular weight excluding hydrogens is 168 g/mol. The topological polar surface area (TPSA) is 38.7 Å². The zero-order valence-electron chi connectivity index (χ0n) is 6.71. The van der Waals surface area contributed by atoms with Crippen LogP contribution >= 0.6 is 11.6 Å². The fraction of sp³-hybridized carbons (Fsp3) is 1.00. The van der Waals surface area contributed by atoms with Gasteiger partial charge in [-0.05, 0) is 13.8 Å². The van der Waals surface area contributed by atoms with E-state index in [-0.39, 0.29) is 18.1 Å². The van der Waals surface area contributed by atoms with Crippen LogP contribution in [0.4, 0.5) is 0 Å². The summed E-state index contributed by atoms with van der Waals surface area (Å²) in [5.41, 5.74) is 0. The molecule has 0 aliphatic carbocycles. The highest BCUT2D eigenvalue weighted by molar-refractivity contribution is 6.21. The molecule has 0 spiro atoms. The molecule has 1 rings (SSSR count). The third-order valence-corrected chi connectivity index (χ3v) is 2.03.